The third kappa shape index (κ3) is 3.20. The summed E-state index contributed by atoms with van der Waals surface area (Å²) in [6.07, 6.45) is -0.862. The van der Waals surface area contributed by atoms with Crippen LogP contribution in [0.25, 0.3) is 0 Å². The molecule has 0 aromatic heterocycles. The van der Waals surface area contributed by atoms with Crippen LogP contribution in [0.3, 0.4) is 0 Å². The molecule has 7 nitrogen and oxygen atoms in total. The van der Waals surface area contributed by atoms with Gasteiger partial charge in [0.15, 0.2) is 0 Å². The van der Waals surface area contributed by atoms with Crippen LogP contribution >= 0.6 is 0 Å². The first-order valence-electron chi connectivity index (χ1n) is 9.39. The molecule has 30 heavy (non-hydrogen) atoms. The fraction of sp³-hybridized carbons (Fsp3) is 0.130. The quantitative estimate of drug-likeness (QED) is 0.457. The molecule has 0 spiro atoms. The van der Waals surface area contributed by atoms with E-state index in [9.17, 15) is 19.7 Å². The number of nitrogens with zero attached hydrogens (tertiary/aromatic N) is 2. The Hall–Kier alpha value is -4.00. The second-order valence-electron chi connectivity index (χ2n) is 6.92. The summed E-state index contributed by atoms with van der Waals surface area (Å²) in [5.41, 5.74) is -0.590. The van der Waals surface area contributed by atoms with Crippen molar-refractivity contribution in [1.29, 1.82) is 0 Å². The molecule has 3 aromatic rings. The topological polar surface area (TPSA) is 89.7 Å². The average molecular weight is 402 g/mol. The number of benzene rings is 3. The number of para-hydroxylation sites is 1. The van der Waals surface area contributed by atoms with Gasteiger partial charge in [-0.15, -0.1) is 0 Å². The predicted octanol–water partition coefficient (Wildman–Crippen LogP) is 4.13. The van der Waals surface area contributed by atoms with E-state index in [1.807, 2.05) is 0 Å². The van der Waals surface area contributed by atoms with E-state index in [-0.39, 0.29) is 0 Å². The molecule has 1 fully saturated rings. The summed E-state index contributed by atoms with van der Waals surface area (Å²) in [4.78, 5) is 38.8. The first-order valence-corrected chi connectivity index (χ1v) is 9.39. The molecule has 0 bridgehead atoms. The van der Waals surface area contributed by atoms with E-state index in [0.717, 1.165) is 4.90 Å². The number of nitro groups is 1. The van der Waals surface area contributed by atoms with E-state index in [1.54, 1.807) is 91.0 Å². The molecule has 2 amide bonds. The van der Waals surface area contributed by atoms with Crippen LogP contribution in [0.4, 0.5) is 10.5 Å². The van der Waals surface area contributed by atoms with Crippen molar-refractivity contribution in [3.8, 4) is 0 Å². The van der Waals surface area contributed by atoms with Gasteiger partial charge in [0.1, 0.15) is 5.92 Å². The third-order valence-corrected chi connectivity index (χ3v) is 5.19. The number of rotatable bonds is 6. The number of hydrogen-bond donors (Lipinski definition) is 0. The minimum atomic E-state index is -1.86. The van der Waals surface area contributed by atoms with E-state index >= 15 is 0 Å². The van der Waals surface area contributed by atoms with Gasteiger partial charge in [-0.3, -0.25) is 14.9 Å². The Morgan fingerprint density at radius 3 is 1.97 bits per heavy atom. The molecule has 4 rings (SSSR count). The molecule has 1 saturated heterocycles. The maximum atomic E-state index is 13.8. The number of amides is 2. The molecule has 0 radical (unpaired) electrons. The van der Waals surface area contributed by atoms with E-state index in [2.05, 4.69) is 0 Å². The number of hydrogen-bond acceptors (Lipinski definition) is 5. The summed E-state index contributed by atoms with van der Waals surface area (Å²) in [5, 5.41) is 11.6. The van der Waals surface area contributed by atoms with Crippen LogP contribution in [0.15, 0.2) is 91.0 Å². The fourth-order valence-corrected chi connectivity index (χ4v) is 3.87. The maximum absolute atomic E-state index is 13.8. The van der Waals surface area contributed by atoms with Gasteiger partial charge in [0.2, 0.25) is 12.1 Å². The van der Waals surface area contributed by atoms with Crippen molar-refractivity contribution in [2.75, 3.05) is 11.4 Å². The monoisotopic (exact) mass is 402 g/mol. The lowest BCUT2D eigenvalue weighted by atomic mass is 9.76. The second kappa shape index (κ2) is 7.79. The molecule has 0 saturated carbocycles. The van der Waals surface area contributed by atoms with Crippen LogP contribution in [0.2, 0.25) is 0 Å². The van der Waals surface area contributed by atoms with Crippen LogP contribution in [-0.2, 0) is 15.1 Å². The van der Waals surface area contributed by atoms with E-state index in [0.29, 0.717) is 16.8 Å². The van der Waals surface area contributed by atoms with Crippen molar-refractivity contribution >= 4 is 17.7 Å². The van der Waals surface area contributed by atoms with Gasteiger partial charge in [-0.2, -0.15) is 0 Å². The molecular weight excluding hydrogens is 384 g/mol. The van der Waals surface area contributed by atoms with Crippen molar-refractivity contribution in [3.05, 3.63) is 112 Å². The third-order valence-electron chi connectivity index (χ3n) is 5.19. The highest BCUT2D eigenvalue weighted by molar-refractivity contribution is 6.20. The highest BCUT2D eigenvalue weighted by atomic mass is 16.6. The molecule has 1 aliphatic heterocycles. The molecule has 2 atom stereocenters. The van der Waals surface area contributed by atoms with Crippen molar-refractivity contribution in [2.45, 2.75) is 11.5 Å². The van der Waals surface area contributed by atoms with Gasteiger partial charge in [-0.05, 0) is 17.7 Å². The van der Waals surface area contributed by atoms with Gasteiger partial charge in [-0.25, -0.2) is 9.69 Å². The van der Waals surface area contributed by atoms with Crippen LogP contribution in [-0.4, -0.2) is 23.5 Å². The zero-order chi connectivity index (χ0) is 21.1. The standard InChI is InChI=1S/C23H18N2O5/c26-21-23(18-12-6-2-7-13-18,20(16-24(28)29)17-10-4-1-5-11-17)30-22(27)25(21)19-14-8-3-9-15-19/h1-15,20H,16H2/t20-,23-/m1/s1. The highest BCUT2D eigenvalue weighted by Gasteiger charge is 2.62. The molecule has 0 unspecified atom stereocenters. The molecule has 150 valence electrons. The lowest BCUT2D eigenvalue weighted by Crippen LogP contribution is -2.46. The number of imide groups is 1. The second-order valence-corrected chi connectivity index (χ2v) is 6.92. The van der Waals surface area contributed by atoms with Gasteiger partial charge >= 0.3 is 6.09 Å². The molecule has 0 aliphatic carbocycles. The van der Waals surface area contributed by atoms with Crippen LogP contribution in [0.1, 0.15) is 17.0 Å². The Morgan fingerprint density at radius 1 is 0.867 bits per heavy atom. The van der Waals surface area contributed by atoms with Crippen molar-refractivity contribution in [2.24, 2.45) is 0 Å². The van der Waals surface area contributed by atoms with Crippen LogP contribution < -0.4 is 4.90 Å². The van der Waals surface area contributed by atoms with Gasteiger partial charge in [0.25, 0.3) is 5.91 Å². The molecule has 3 aromatic carbocycles. The number of ether oxygens (including phenoxy) is 1. The van der Waals surface area contributed by atoms with Crippen molar-refractivity contribution in [3.63, 3.8) is 0 Å². The lowest BCUT2D eigenvalue weighted by Gasteiger charge is -2.32. The SMILES string of the molecule is O=C1O[C@](c2ccccc2)([C@H](C[N+](=O)[O-])c2ccccc2)C(=O)N1c1ccccc1. The van der Waals surface area contributed by atoms with E-state index in [4.69, 9.17) is 4.74 Å². The summed E-state index contributed by atoms with van der Waals surface area (Å²) in [5.74, 6) is -1.66. The lowest BCUT2D eigenvalue weighted by molar-refractivity contribution is -0.486. The first kappa shape index (κ1) is 19.3. The molecular formula is C23H18N2O5. The minimum Gasteiger partial charge on any atom is -0.426 e. The Labute approximate surface area is 172 Å². The first-order chi connectivity index (χ1) is 14.5. The average Bonchev–Trinajstić information content (AvgIpc) is 3.04. The summed E-state index contributed by atoms with van der Waals surface area (Å²) < 4.78 is 5.76. The minimum absolute atomic E-state index is 0.346. The van der Waals surface area contributed by atoms with Gasteiger partial charge in [0.05, 0.1) is 5.69 Å². The zero-order valence-corrected chi connectivity index (χ0v) is 15.9. The predicted molar refractivity (Wildman–Crippen MR) is 110 cm³/mol. The Kier molecular flexibility index (Phi) is 5.02. The number of carbonyl (C=O) groups is 2. The van der Waals surface area contributed by atoms with Crippen LogP contribution in [0, 0.1) is 10.1 Å². The number of anilines is 1. The van der Waals surface area contributed by atoms with Gasteiger partial charge < -0.3 is 4.74 Å². The highest BCUT2D eigenvalue weighted by Crippen LogP contribution is 2.47. The Bertz CT molecular complexity index is 1070. The molecule has 1 heterocycles. The van der Waals surface area contributed by atoms with Crippen molar-refractivity contribution < 1.29 is 19.2 Å². The zero-order valence-electron chi connectivity index (χ0n) is 15.9. The summed E-state index contributed by atoms with van der Waals surface area (Å²) in [6, 6.07) is 25.5. The summed E-state index contributed by atoms with van der Waals surface area (Å²) >= 11 is 0. The van der Waals surface area contributed by atoms with Gasteiger partial charge in [-0.1, -0.05) is 78.9 Å². The molecule has 1 aliphatic rings. The fourth-order valence-electron chi connectivity index (χ4n) is 3.87. The van der Waals surface area contributed by atoms with E-state index < -0.39 is 35.0 Å². The van der Waals surface area contributed by atoms with E-state index in [1.165, 1.54) is 0 Å². The number of cyclic esters (lactones) is 1. The van der Waals surface area contributed by atoms with Gasteiger partial charge in [0, 0.05) is 10.5 Å². The van der Waals surface area contributed by atoms with Crippen molar-refractivity contribution in [1.82, 2.24) is 0 Å². The normalized spacial score (nSPS) is 19.4. The summed E-state index contributed by atoms with van der Waals surface area (Å²) in [6.45, 7) is -0.583. The number of carbonyl (C=O) groups excluding carboxylic acids is 2. The van der Waals surface area contributed by atoms with Crippen LogP contribution in [0.5, 0.6) is 0 Å². The molecule has 0 N–H and O–H groups in total. The maximum Gasteiger partial charge on any atom is 0.422 e. The molecule has 7 heteroatoms. The Morgan fingerprint density at radius 2 is 1.40 bits per heavy atom. The largest absolute Gasteiger partial charge is 0.426 e. The Balaban J connectivity index is 1.93. The summed E-state index contributed by atoms with van der Waals surface area (Å²) in [7, 11) is 0. The smallest absolute Gasteiger partial charge is 0.422 e.